The Hall–Kier alpha value is -2.14. The van der Waals surface area contributed by atoms with Crippen molar-refractivity contribution >= 4 is 17.4 Å². The van der Waals surface area contributed by atoms with Gasteiger partial charge in [0.05, 0.1) is 0 Å². The molecule has 0 aliphatic heterocycles. The van der Waals surface area contributed by atoms with Gasteiger partial charge in [-0.2, -0.15) is 4.98 Å². The first-order chi connectivity index (χ1) is 8.54. The zero-order chi connectivity index (χ0) is 13.1. The summed E-state index contributed by atoms with van der Waals surface area (Å²) in [5.74, 6) is 0.445. The molecule has 0 aliphatic carbocycles. The van der Waals surface area contributed by atoms with Crippen LogP contribution >= 0.6 is 11.6 Å². The van der Waals surface area contributed by atoms with Crippen LogP contribution in [0.2, 0.25) is 5.02 Å². The number of aromatic nitrogens is 2. The van der Waals surface area contributed by atoms with E-state index in [9.17, 15) is 0 Å². The molecule has 0 saturated carbocycles. The van der Waals surface area contributed by atoms with Crippen LogP contribution in [0.1, 0.15) is 11.4 Å². The number of rotatable bonds is 3. The smallest absolute Gasteiger partial charge is 0.322 e. The Morgan fingerprint density at radius 2 is 1.94 bits per heavy atom. The number of benzene rings is 1. The summed E-state index contributed by atoms with van der Waals surface area (Å²) in [6.07, 6.45) is 0. The molecule has 2 rings (SSSR count). The number of nitrogen functional groups attached to an aromatic ring is 1. The molecule has 1 aromatic heterocycles. The van der Waals surface area contributed by atoms with Crippen molar-refractivity contribution < 1.29 is 4.74 Å². The van der Waals surface area contributed by atoms with Crippen LogP contribution in [0.25, 0.3) is 0 Å². The van der Waals surface area contributed by atoms with Gasteiger partial charge in [0.1, 0.15) is 17.3 Å². The van der Waals surface area contributed by atoms with Gasteiger partial charge in [0.2, 0.25) is 0 Å². The normalized spacial score (nSPS) is 10.1. The van der Waals surface area contributed by atoms with E-state index in [1.807, 2.05) is 0 Å². The van der Waals surface area contributed by atoms with Crippen LogP contribution in [0.3, 0.4) is 0 Å². The molecule has 1 heterocycles. The Morgan fingerprint density at radius 1 is 1.28 bits per heavy atom. The summed E-state index contributed by atoms with van der Waals surface area (Å²) in [4.78, 5) is 8.15. The maximum atomic E-state index is 7.35. The van der Waals surface area contributed by atoms with Crippen LogP contribution in [-0.4, -0.2) is 15.8 Å². The Morgan fingerprint density at radius 3 is 2.56 bits per heavy atom. The summed E-state index contributed by atoms with van der Waals surface area (Å²) < 4.78 is 5.47. The average molecular weight is 263 g/mol. The lowest BCUT2D eigenvalue weighted by Crippen LogP contribution is -2.14. The van der Waals surface area contributed by atoms with Gasteiger partial charge < -0.3 is 10.5 Å². The van der Waals surface area contributed by atoms with E-state index in [2.05, 4.69) is 9.97 Å². The second-order valence-corrected chi connectivity index (χ2v) is 4.08. The van der Waals surface area contributed by atoms with Crippen LogP contribution in [0, 0.1) is 12.3 Å². The molecule has 0 unspecified atom stereocenters. The molecule has 0 bridgehead atoms. The van der Waals surface area contributed by atoms with Crippen molar-refractivity contribution in [2.75, 3.05) is 0 Å². The first-order valence-corrected chi connectivity index (χ1v) is 5.56. The standard InChI is InChI=1S/C12H11ClN4O/c1-7-6-10(11(14)15)17-12(16-7)18-9-4-2-8(13)3-5-9/h2-6H,1H3,(H3,14,15). The molecule has 92 valence electrons. The molecule has 0 amide bonds. The Bertz CT molecular complexity index is 583. The predicted molar refractivity (Wildman–Crippen MR) is 69.3 cm³/mol. The van der Waals surface area contributed by atoms with Gasteiger partial charge in [-0.05, 0) is 37.3 Å². The van der Waals surface area contributed by atoms with Crippen molar-refractivity contribution in [2.24, 2.45) is 5.73 Å². The summed E-state index contributed by atoms with van der Waals surface area (Å²) in [7, 11) is 0. The molecular formula is C12H11ClN4O. The fourth-order valence-corrected chi connectivity index (χ4v) is 1.46. The third-order valence-corrected chi connectivity index (χ3v) is 2.38. The molecule has 0 atom stereocenters. The summed E-state index contributed by atoms with van der Waals surface area (Å²) >= 11 is 5.78. The van der Waals surface area contributed by atoms with Crippen LogP contribution in [0.4, 0.5) is 0 Å². The molecular weight excluding hydrogens is 252 g/mol. The summed E-state index contributed by atoms with van der Waals surface area (Å²) in [5.41, 5.74) is 6.40. The first-order valence-electron chi connectivity index (χ1n) is 5.18. The fraction of sp³-hybridized carbons (Fsp3) is 0.0833. The number of hydrogen-bond donors (Lipinski definition) is 2. The zero-order valence-corrected chi connectivity index (χ0v) is 10.4. The summed E-state index contributed by atoms with van der Waals surface area (Å²) in [6, 6.07) is 8.61. The molecule has 0 spiro atoms. The van der Waals surface area contributed by atoms with Crippen molar-refractivity contribution in [3.05, 3.63) is 46.7 Å². The topological polar surface area (TPSA) is 84.9 Å². The van der Waals surface area contributed by atoms with Crippen molar-refractivity contribution in [1.29, 1.82) is 5.41 Å². The Labute approximate surface area is 109 Å². The molecule has 3 N–H and O–H groups in total. The Balaban J connectivity index is 2.28. The molecule has 6 heteroatoms. The number of aryl methyl sites for hydroxylation is 1. The van der Waals surface area contributed by atoms with Crippen molar-refractivity contribution in [1.82, 2.24) is 9.97 Å². The number of amidine groups is 1. The Kier molecular flexibility index (Phi) is 3.43. The van der Waals surface area contributed by atoms with Crippen LogP contribution in [0.5, 0.6) is 11.8 Å². The van der Waals surface area contributed by atoms with Crippen LogP contribution in [-0.2, 0) is 0 Å². The molecule has 5 nitrogen and oxygen atoms in total. The number of hydrogen-bond acceptors (Lipinski definition) is 4. The largest absolute Gasteiger partial charge is 0.424 e. The van der Waals surface area contributed by atoms with Crippen molar-refractivity contribution in [3.8, 4) is 11.8 Å². The van der Waals surface area contributed by atoms with Gasteiger partial charge in [-0.3, -0.25) is 5.41 Å². The van der Waals surface area contributed by atoms with E-state index >= 15 is 0 Å². The molecule has 1 aromatic carbocycles. The summed E-state index contributed by atoms with van der Waals surface area (Å²) in [6.45, 7) is 1.78. The van der Waals surface area contributed by atoms with Gasteiger partial charge in [0, 0.05) is 10.7 Å². The predicted octanol–water partition coefficient (Wildman–Crippen LogP) is 2.51. The van der Waals surface area contributed by atoms with E-state index in [0.29, 0.717) is 22.2 Å². The number of nitrogens with one attached hydrogen (secondary N) is 1. The van der Waals surface area contributed by atoms with E-state index < -0.39 is 0 Å². The highest BCUT2D eigenvalue weighted by atomic mass is 35.5. The SMILES string of the molecule is Cc1cc(C(=N)N)nc(Oc2ccc(Cl)cc2)n1. The first kappa shape index (κ1) is 12.3. The molecule has 0 fully saturated rings. The lowest BCUT2D eigenvalue weighted by molar-refractivity contribution is 0.440. The van der Waals surface area contributed by atoms with E-state index in [-0.39, 0.29) is 11.8 Å². The highest BCUT2D eigenvalue weighted by Crippen LogP contribution is 2.20. The average Bonchev–Trinajstić information content (AvgIpc) is 2.31. The third-order valence-electron chi connectivity index (χ3n) is 2.13. The van der Waals surface area contributed by atoms with E-state index in [4.69, 9.17) is 27.5 Å². The van der Waals surface area contributed by atoms with Crippen molar-refractivity contribution in [2.45, 2.75) is 6.92 Å². The maximum Gasteiger partial charge on any atom is 0.322 e. The zero-order valence-electron chi connectivity index (χ0n) is 9.64. The molecule has 0 aliphatic rings. The van der Waals surface area contributed by atoms with E-state index in [0.717, 1.165) is 0 Å². The van der Waals surface area contributed by atoms with Gasteiger partial charge in [-0.15, -0.1) is 0 Å². The lowest BCUT2D eigenvalue weighted by Gasteiger charge is -2.06. The number of nitrogens with two attached hydrogens (primary N) is 1. The van der Waals surface area contributed by atoms with Gasteiger partial charge in [-0.25, -0.2) is 4.98 Å². The second-order valence-electron chi connectivity index (χ2n) is 3.65. The molecule has 18 heavy (non-hydrogen) atoms. The number of nitrogens with zero attached hydrogens (tertiary/aromatic N) is 2. The van der Waals surface area contributed by atoms with Gasteiger partial charge in [-0.1, -0.05) is 11.6 Å². The maximum absolute atomic E-state index is 7.35. The van der Waals surface area contributed by atoms with Gasteiger partial charge in [0.25, 0.3) is 0 Å². The second kappa shape index (κ2) is 5.01. The number of halogens is 1. The van der Waals surface area contributed by atoms with E-state index in [1.165, 1.54) is 0 Å². The molecule has 2 aromatic rings. The fourth-order valence-electron chi connectivity index (χ4n) is 1.33. The lowest BCUT2D eigenvalue weighted by atomic mass is 10.3. The van der Waals surface area contributed by atoms with Crippen LogP contribution in [0.15, 0.2) is 30.3 Å². The monoisotopic (exact) mass is 262 g/mol. The summed E-state index contributed by atoms with van der Waals surface area (Å²) in [5, 5.41) is 7.97. The minimum atomic E-state index is -0.124. The highest BCUT2D eigenvalue weighted by molar-refractivity contribution is 6.30. The van der Waals surface area contributed by atoms with Gasteiger partial charge in [0.15, 0.2) is 0 Å². The minimum absolute atomic E-state index is 0.124. The van der Waals surface area contributed by atoms with E-state index in [1.54, 1.807) is 37.3 Å². The van der Waals surface area contributed by atoms with Gasteiger partial charge >= 0.3 is 6.01 Å². The van der Waals surface area contributed by atoms with Crippen molar-refractivity contribution in [3.63, 3.8) is 0 Å². The van der Waals surface area contributed by atoms with Crippen LogP contribution < -0.4 is 10.5 Å². The minimum Gasteiger partial charge on any atom is -0.424 e. The quantitative estimate of drug-likeness (QED) is 0.657. The number of ether oxygens (including phenoxy) is 1. The molecule has 0 saturated heterocycles. The highest BCUT2D eigenvalue weighted by Gasteiger charge is 2.06. The molecule has 0 radical (unpaired) electrons. The third kappa shape index (κ3) is 2.95.